The van der Waals surface area contributed by atoms with Crippen LogP contribution in [0.15, 0.2) is 24.3 Å². The van der Waals surface area contributed by atoms with Crippen molar-refractivity contribution in [1.29, 1.82) is 0 Å². The Morgan fingerprint density at radius 3 is 2.62 bits per heavy atom. The zero-order chi connectivity index (χ0) is 11.6. The molecule has 2 unspecified atom stereocenters. The van der Waals surface area contributed by atoms with Crippen LogP contribution in [0.1, 0.15) is 25.2 Å². The van der Waals surface area contributed by atoms with Crippen LogP contribution in [0.4, 0.5) is 0 Å². The maximum Gasteiger partial charge on any atom is 0.187 e. The van der Waals surface area contributed by atoms with E-state index in [4.69, 9.17) is 14.2 Å². The number of benzene rings is 1. The molecule has 0 bridgehead atoms. The van der Waals surface area contributed by atoms with Crippen LogP contribution in [0.2, 0.25) is 0 Å². The van der Waals surface area contributed by atoms with Gasteiger partial charge in [-0.3, -0.25) is 0 Å². The van der Waals surface area contributed by atoms with Crippen molar-refractivity contribution in [2.75, 3.05) is 13.7 Å². The summed E-state index contributed by atoms with van der Waals surface area (Å²) in [6, 6.07) is 7.41. The fraction of sp³-hybridized carbons (Fsp3) is 0.500. The van der Waals surface area contributed by atoms with Gasteiger partial charge in [-0.15, -0.1) is 0 Å². The van der Waals surface area contributed by atoms with Crippen LogP contribution in [0.25, 0.3) is 0 Å². The first-order valence-corrected chi connectivity index (χ1v) is 5.26. The molecule has 1 aliphatic rings. The summed E-state index contributed by atoms with van der Waals surface area (Å²) in [5.74, 6) is -0.325. The summed E-state index contributed by atoms with van der Waals surface area (Å²) in [5, 5.41) is 9.78. The molecule has 1 aromatic carbocycles. The second kappa shape index (κ2) is 4.41. The fourth-order valence-electron chi connectivity index (χ4n) is 1.60. The van der Waals surface area contributed by atoms with E-state index in [1.54, 1.807) is 14.0 Å². The molecule has 2 atom stereocenters. The molecule has 0 spiro atoms. The molecule has 4 nitrogen and oxygen atoms in total. The van der Waals surface area contributed by atoms with Crippen molar-refractivity contribution in [3.05, 3.63) is 29.8 Å². The zero-order valence-corrected chi connectivity index (χ0v) is 9.47. The highest BCUT2D eigenvalue weighted by molar-refractivity contribution is 5.27. The minimum atomic E-state index is -1.11. The van der Waals surface area contributed by atoms with Crippen LogP contribution in [-0.4, -0.2) is 24.6 Å². The highest BCUT2D eigenvalue weighted by Gasteiger charge is 2.31. The smallest absolute Gasteiger partial charge is 0.187 e. The second-order valence-electron chi connectivity index (χ2n) is 4.02. The third-order valence-electron chi connectivity index (χ3n) is 2.58. The molecular formula is C12H16O4. The van der Waals surface area contributed by atoms with Crippen molar-refractivity contribution < 1.29 is 19.3 Å². The monoisotopic (exact) mass is 224 g/mol. The minimum absolute atomic E-state index is 0.486. The quantitative estimate of drug-likeness (QED) is 0.832. The van der Waals surface area contributed by atoms with Gasteiger partial charge in [0.1, 0.15) is 5.75 Å². The largest absolute Gasteiger partial charge is 0.497 e. The Labute approximate surface area is 94.8 Å². The first-order valence-electron chi connectivity index (χ1n) is 5.26. The molecule has 0 amide bonds. The lowest BCUT2D eigenvalue weighted by molar-refractivity contribution is -0.328. The number of hydrogen-bond donors (Lipinski definition) is 1. The average Bonchev–Trinajstić information content (AvgIpc) is 2.28. The molecule has 1 fully saturated rings. The molecule has 1 saturated heterocycles. The van der Waals surface area contributed by atoms with E-state index in [-0.39, 0.29) is 0 Å². The Hall–Kier alpha value is -1.10. The average molecular weight is 224 g/mol. The molecular weight excluding hydrogens is 208 g/mol. The van der Waals surface area contributed by atoms with Crippen LogP contribution in [0, 0.1) is 0 Å². The molecule has 0 aromatic heterocycles. The first kappa shape index (κ1) is 11.4. The molecule has 0 aliphatic carbocycles. The van der Waals surface area contributed by atoms with Gasteiger partial charge in [0.15, 0.2) is 12.1 Å². The van der Waals surface area contributed by atoms with Gasteiger partial charge < -0.3 is 19.3 Å². The van der Waals surface area contributed by atoms with Crippen LogP contribution < -0.4 is 4.74 Å². The summed E-state index contributed by atoms with van der Waals surface area (Å²) in [7, 11) is 1.62. The minimum Gasteiger partial charge on any atom is -0.497 e. The number of methoxy groups -OCH3 is 1. The molecule has 0 radical (unpaired) electrons. The van der Waals surface area contributed by atoms with Crippen molar-refractivity contribution >= 4 is 0 Å². The number of ether oxygens (including phenoxy) is 3. The van der Waals surface area contributed by atoms with Gasteiger partial charge in [-0.05, 0) is 19.1 Å². The van der Waals surface area contributed by atoms with Crippen molar-refractivity contribution in [1.82, 2.24) is 0 Å². The van der Waals surface area contributed by atoms with E-state index >= 15 is 0 Å². The second-order valence-corrected chi connectivity index (χ2v) is 4.02. The molecule has 2 rings (SSSR count). The van der Waals surface area contributed by atoms with Crippen LogP contribution in [0.3, 0.4) is 0 Å². The SMILES string of the molecule is COc1ccc(C2OCCC(C)(O)O2)cc1. The molecule has 4 heteroatoms. The Kier molecular flexibility index (Phi) is 3.14. The van der Waals surface area contributed by atoms with E-state index in [1.807, 2.05) is 24.3 Å². The molecule has 1 aromatic rings. The summed E-state index contributed by atoms with van der Waals surface area (Å²) in [5.41, 5.74) is 0.876. The van der Waals surface area contributed by atoms with Crippen molar-refractivity contribution in [2.45, 2.75) is 25.4 Å². The van der Waals surface area contributed by atoms with Gasteiger partial charge in [0.05, 0.1) is 13.7 Å². The summed E-state index contributed by atoms with van der Waals surface area (Å²) in [4.78, 5) is 0. The molecule has 0 saturated carbocycles. The fourth-order valence-corrected chi connectivity index (χ4v) is 1.60. The van der Waals surface area contributed by atoms with Crippen molar-refractivity contribution in [3.8, 4) is 5.75 Å². The Morgan fingerprint density at radius 2 is 2.06 bits per heavy atom. The van der Waals surface area contributed by atoms with E-state index in [0.717, 1.165) is 11.3 Å². The third-order valence-corrected chi connectivity index (χ3v) is 2.58. The maximum atomic E-state index is 9.78. The summed E-state index contributed by atoms with van der Waals surface area (Å²) in [6.07, 6.45) is -0.0192. The van der Waals surface area contributed by atoms with Crippen molar-refractivity contribution in [2.24, 2.45) is 0 Å². The molecule has 1 aliphatic heterocycles. The molecule has 88 valence electrons. The lowest BCUT2D eigenvalue weighted by Crippen LogP contribution is -2.37. The highest BCUT2D eigenvalue weighted by atomic mass is 16.7. The third kappa shape index (κ3) is 2.52. The Morgan fingerprint density at radius 1 is 1.38 bits per heavy atom. The van der Waals surface area contributed by atoms with E-state index in [9.17, 15) is 5.11 Å². The zero-order valence-electron chi connectivity index (χ0n) is 9.47. The normalized spacial score (nSPS) is 30.1. The van der Waals surface area contributed by atoms with Crippen LogP contribution >= 0.6 is 0 Å². The van der Waals surface area contributed by atoms with Crippen molar-refractivity contribution in [3.63, 3.8) is 0 Å². The predicted molar refractivity (Wildman–Crippen MR) is 58.0 cm³/mol. The van der Waals surface area contributed by atoms with Gasteiger partial charge in [0, 0.05) is 12.0 Å². The predicted octanol–water partition coefficient (Wildman–Crippen LogP) is 1.84. The maximum absolute atomic E-state index is 9.78. The number of aliphatic hydroxyl groups is 1. The summed E-state index contributed by atoms with van der Waals surface area (Å²) < 4.78 is 15.9. The number of rotatable bonds is 2. The van der Waals surface area contributed by atoms with E-state index < -0.39 is 12.1 Å². The van der Waals surface area contributed by atoms with Gasteiger partial charge >= 0.3 is 0 Å². The Balaban J connectivity index is 2.11. The summed E-state index contributed by atoms with van der Waals surface area (Å²) in [6.45, 7) is 2.13. The van der Waals surface area contributed by atoms with E-state index in [0.29, 0.717) is 13.0 Å². The molecule has 1 heterocycles. The standard InChI is InChI=1S/C12H16O4/c1-12(13)7-8-15-11(16-12)9-3-5-10(14-2)6-4-9/h3-6,11,13H,7-8H2,1-2H3. The van der Waals surface area contributed by atoms with Gasteiger partial charge in [0.25, 0.3) is 0 Å². The van der Waals surface area contributed by atoms with Gasteiger partial charge in [-0.25, -0.2) is 0 Å². The lowest BCUT2D eigenvalue weighted by Gasteiger charge is -2.34. The highest BCUT2D eigenvalue weighted by Crippen LogP contribution is 2.31. The molecule has 16 heavy (non-hydrogen) atoms. The Bertz CT molecular complexity index is 345. The van der Waals surface area contributed by atoms with Crippen LogP contribution in [0.5, 0.6) is 5.75 Å². The van der Waals surface area contributed by atoms with Gasteiger partial charge in [-0.1, -0.05) is 12.1 Å². The summed E-state index contributed by atoms with van der Waals surface area (Å²) >= 11 is 0. The number of hydrogen-bond acceptors (Lipinski definition) is 4. The van der Waals surface area contributed by atoms with Gasteiger partial charge in [0.2, 0.25) is 0 Å². The first-order chi connectivity index (χ1) is 7.61. The van der Waals surface area contributed by atoms with E-state index in [1.165, 1.54) is 0 Å². The molecule has 1 N–H and O–H groups in total. The van der Waals surface area contributed by atoms with Gasteiger partial charge in [-0.2, -0.15) is 0 Å². The van der Waals surface area contributed by atoms with Crippen LogP contribution in [-0.2, 0) is 9.47 Å². The lowest BCUT2D eigenvalue weighted by atomic mass is 10.1. The topological polar surface area (TPSA) is 47.9 Å². The van der Waals surface area contributed by atoms with E-state index in [2.05, 4.69) is 0 Å².